The normalized spacial score (nSPS) is 20.7. The summed E-state index contributed by atoms with van der Waals surface area (Å²) in [6.45, 7) is 5.25. The molecule has 1 aliphatic carbocycles. The molecule has 2 aliphatic rings. The van der Waals surface area contributed by atoms with Crippen molar-refractivity contribution in [1.29, 1.82) is 0 Å². The van der Waals surface area contributed by atoms with Gasteiger partial charge in [0.15, 0.2) is 5.58 Å². The van der Waals surface area contributed by atoms with E-state index in [4.69, 9.17) is 14.2 Å². The van der Waals surface area contributed by atoms with Crippen molar-refractivity contribution < 1.29 is 18.4 Å². The van der Waals surface area contributed by atoms with Gasteiger partial charge in [-0.05, 0) is 76.8 Å². The van der Waals surface area contributed by atoms with Crippen LogP contribution in [0.4, 0.5) is 4.39 Å². The zero-order valence-corrected chi connectivity index (χ0v) is 24.7. The summed E-state index contributed by atoms with van der Waals surface area (Å²) in [6, 6.07) is 4.58. The molecule has 0 spiro atoms. The molecule has 1 aliphatic heterocycles. The highest BCUT2D eigenvalue weighted by Crippen LogP contribution is 2.47. The molecular formula is C33H44FN3O4. The van der Waals surface area contributed by atoms with Crippen LogP contribution in [0, 0.1) is 18.2 Å². The van der Waals surface area contributed by atoms with E-state index in [0.717, 1.165) is 105 Å². The second-order valence-corrected chi connectivity index (χ2v) is 12.3. The maximum Gasteiger partial charge on any atom is 0.305 e. The zero-order chi connectivity index (χ0) is 28.8. The molecule has 0 saturated heterocycles. The maximum absolute atomic E-state index is 13.7. The molecule has 1 aromatic carbocycles. The Morgan fingerprint density at radius 3 is 2.78 bits per heavy atom. The molecular weight excluding hydrogens is 521 g/mol. The molecule has 7 nitrogen and oxygen atoms in total. The Labute approximate surface area is 241 Å². The van der Waals surface area contributed by atoms with Crippen LogP contribution >= 0.6 is 0 Å². The number of nitrogens with zero attached hydrogens (tertiary/aromatic N) is 3. The van der Waals surface area contributed by atoms with Gasteiger partial charge in [0.05, 0.1) is 12.3 Å². The zero-order valence-electron chi connectivity index (χ0n) is 24.7. The first-order valence-corrected chi connectivity index (χ1v) is 15.7. The largest absolute Gasteiger partial charge is 0.465 e. The van der Waals surface area contributed by atoms with Gasteiger partial charge in [0, 0.05) is 53.4 Å². The quantitative estimate of drug-likeness (QED) is 0.169. The Morgan fingerprint density at radius 2 is 1.98 bits per heavy atom. The lowest BCUT2D eigenvalue weighted by molar-refractivity contribution is -0.148. The standard InChI is InChI=1S/C33H44FN3O4/c1-3-4-5-6-7-11-30(38)40-22-33(19-16-26-23(2)35-29-10-8-9-20-37(29)32(26)39)17-14-24(15-18-33)31-27-13-12-25(34)21-28(27)41-36-31/h12-13,21,24H,3-11,14-20,22H2,1-2H3. The lowest BCUT2D eigenvalue weighted by atomic mass is 9.67. The Hall–Kier alpha value is -3.03. The average molecular weight is 566 g/mol. The van der Waals surface area contributed by atoms with Gasteiger partial charge in [-0.3, -0.25) is 14.2 Å². The third-order valence-electron chi connectivity index (χ3n) is 9.40. The van der Waals surface area contributed by atoms with E-state index in [9.17, 15) is 14.0 Å². The van der Waals surface area contributed by atoms with Gasteiger partial charge in [-0.15, -0.1) is 0 Å². The molecule has 1 saturated carbocycles. The van der Waals surface area contributed by atoms with Crippen LogP contribution in [-0.4, -0.2) is 27.3 Å². The van der Waals surface area contributed by atoms with Crippen LogP contribution in [0.3, 0.4) is 0 Å². The van der Waals surface area contributed by atoms with Gasteiger partial charge in [0.1, 0.15) is 11.6 Å². The number of unbranched alkanes of at least 4 members (excludes halogenated alkanes) is 4. The van der Waals surface area contributed by atoms with Crippen LogP contribution in [0.15, 0.2) is 27.5 Å². The molecule has 0 N–H and O–H groups in total. The van der Waals surface area contributed by atoms with Gasteiger partial charge in [-0.25, -0.2) is 9.37 Å². The highest BCUT2D eigenvalue weighted by molar-refractivity contribution is 5.79. The van der Waals surface area contributed by atoms with Gasteiger partial charge >= 0.3 is 5.97 Å². The van der Waals surface area contributed by atoms with E-state index in [1.165, 1.54) is 25.0 Å². The van der Waals surface area contributed by atoms with Gasteiger partial charge in [-0.1, -0.05) is 37.8 Å². The van der Waals surface area contributed by atoms with Crippen LogP contribution in [0.2, 0.25) is 0 Å². The lowest BCUT2D eigenvalue weighted by Crippen LogP contribution is -2.36. The number of hydrogen-bond acceptors (Lipinski definition) is 6. The van der Waals surface area contributed by atoms with Gasteiger partial charge < -0.3 is 9.26 Å². The number of halogens is 1. The Bertz CT molecular complexity index is 1400. The fourth-order valence-electron chi connectivity index (χ4n) is 6.78. The number of carbonyl (C=O) groups is 1. The van der Waals surface area contributed by atoms with E-state index in [-0.39, 0.29) is 28.7 Å². The summed E-state index contributed by atoms with van der Waals surface area (Å²) in [5.74, 6) is 0.643. The lowest BCUT2D eigenvalue weighted by Gasteiger charge is -2.39. The van der Waals surface area contributed by atoms with Crippen molar-refractivity contribution in [2.75, 3.05) is 6.61 Å². The summed E-state index contributed by atoms with van der Waals surface area (Å²) in [4.78, 5) is 30.9. The number of aryl methyl sites for hydroxylation is 2. The number of aromatic nitrogens is 3. The van der Waals surface area contributed by atoms with E-state index < -0.39 is 0 Å². The minimum atomic E-state index is -0.335. The van der Waals surface area contributed by atoms with E-state index in [0.29, 0.717) is 25.0 Å². The topological polar surface area (TPSA) is 87.2 Å². The summed E-state index contributed by atoms with van der Waals surface area (Å²) < 4.78 is 26.9. The Balaban J connectivity index is 1.29. The number of ether oxygens (including phenoxy) is 1. The number of esters is 1. The minimum Gasteiger partial charge on any atom is -0.465 e. The van der Waals surface area contributed by atoms with Crippen LogP contribution in [0.1, 0.15) is 119 Å². The van der Waals surface area contributed by atoms with Crippen LogP contribution in [0.5, 0.6) is 0 Å². The summed E-state index contributed by atoms with van der Waals surface area (Å²) in [5, 5.41) is 5.18. The van der Waals surface area contributed by atoms with Gasteiger partial charge in [-0.2, -0.15) is 0 Å². The first kappa shape index (κ1) is 29.5. The van der Waals surface area contributed by atoms with Crippen LogP contribution in [0.25, 0.3) is 11.0 Å². The number of benzene rings is 1. The first-order valence-electron chi connectivity index (χ1n) is 15.7. The van der Waals surface area contributed by atoms with Crippen molar-refractivity contribution in [3.63, 3.8) is 0 Å². The number of rotatable bonds is 12. The van der Waals surface area contributed by atoms with Crippen LogP contribution < -0.4 is 5.56 Å². The van der Waals surface area contributed by atoms with Crippen molar-refractivity contribution in [3.8, 4) is 0 Å². The second-order valence-electron chi connectivity index (χ2n) is 12.3. The van der Waals surface area contributed by atoms with E-state index in [2.05, 4.69) is 12.1 Å². The molecule has 0 radical (unpaired) electrons. The minimum absolute atomic E-state index is 0.0985. The van der Waals surface area contributed by atoms with E-state index >= 15 is 0 Å². The van der Waals surface area contributed by atoms with E-state index in [1.54, 1.807) is 6.07 Å². The van der Waals surface area contributed by atoms with Crippen molar-refractivity contribution in [3.05, 3.63) is 57.1 Å². The van der Waals surface area contributed by atoms with Gasteiger partial charge in [0.25, 0.3) is 5.56 Å². The molecule has 2 aromatic heterocycles. The fraction of sp³-hybridized carbons (Fsp3) is 0.636. The SMILES string of the molecule is CCCCCCCC(=O)OCC1(CCc2c(C)nc3n(c2=O)CCCC3)CCC(c2noc3cc(F)ccc23)CC1. The molecule has 0 unspecified atom stereocenters. The summed E-state index contributed by atoms with van der Waals surface area (Å²) in [7, 11) is 0. The molecule has 0 atom stereocenters. The molecule has 1 fully saturated rings. The fourth-order valence-corrected chi connectivity index (χ4v) is 6.78. The van der Waals surface area contributed by atoms with E-state index in [1.807, 2.05) is 11.5 Å². The molecule has 3 aromatic rings. The Kier molecular flexibility index (Phi) is 9.56. The van der Waals surface area contributed by atoms with Crippen molar-refractivity contribution >= 4 is 16.9 Å². The van der Waals surface area contributed by atoms with Crippen molar-refractivity contribution in [2.24, 2.45) is 5.41 Å². The predicted molar refractivity (Wildman–Crippen MR) is 156 cm³/mol. The molecule has 41 heavy (non-hydrogen) atoms. The molecule has 222 valence electrons. The second kappa shape index (κ2) is 13.3. The molecule has 3 heterocycles. The number of carbonyl (C=O) groups excluding carboxylic acids is 1. The number of fused-ring (bicyclic) bond motifs is 2. The van der Waals surface area contributed by atoms with Gasteiger partial charge in [0.2, 0.25) is 0 Å². The molecule has 5 rings (SSSR count). The maximum atomic E-state index is 13.7. The summed E-state index contributed by atoms with van der Waals surface area (Å²) >= 11 is 0. The predicted octanol–water partition coefficient (Wildman–Crippen LogP) is 7.35. The summed E-state index contributed by atoms with van der Waals surface area (Å²) in [6.07, 6.45) is 13.7. The van der Waals surface area contributed by atoms with Crippen LogP contribution in [-0.2, 0) is 28.9 Å². The molecule has 0 amide bonds. The highest BCUT2D eigenvalue weighted by Gasteiger charge is 2.38. The third kappa shape index (κ3) is 6.90. The monoisotopic (exact) mass is 565 g/mol. The average Bonchev–Trinajstić information content (AvgIpc) is 3.39. The molecule has 0 bridgehead atoms. The third-order valence-corrected chi connectivity index (χ3v) is 9.40. The highest BCUT2D eigenvalue weighted by atomic mass is 19.1. The summed E-state index contributed by atoms with van der Waals surface area (Å²) in [5.41, 5.74) is 2.87. The Morgan fingerprint density at radius 1 is 1.17 bits per heavy atom. The molecule has 8 heteroatoms. The van der Waals surface area contributed by atoms with Crippen molar-refractivity contribution in [1.82, 2.24) is 14.7 Å². The number of hydrogen-bond donors (Lipinski definition) is 0. The van der Waals surface area contributed by atoms with Crippen molar-refractivity contribution in [2.45, 2.75) is 123 Å². The first-order chi connectivity index (χ1) is 19.9. The smallest absolute Gasteiger partial charge is 0.305 e.